The van der Waals surface area contributed by atoms with E-state index in [2.05, 4.69) is 50.6 Å². The van der Waals surface area contributed by atoms with E-state index in [4.69, 9.17) is 5.73 Å². The Morgan fingerprint density at radius 2 is 2.08 bits per heavy atom. The molecule has 0 bridgehead atoms. The molecule has 2 heterocycles. The normalized spacial score (nSPS) is 16.6. The average Bonchev–Trinajstić information content (AvgIpc) is 2.67. The third-order valence-corrected chi connectivity index (χ3v) is 4.88. The lowest BCUT2D eigenvalue weighted by molar-refractivity contribution is 0.599. The number of aromatic nitrogens is 3. The van der Waals surface area contributed by atoms with Crippen LogP contribution in [0.3, 0.4) is 0 Å². The van der Waals surface area contributed by atoms with Crippen LogP contribution in [0.5, 0.6) is 0 Å². The molecule has 5 heteroatoms. The SMILES string of the molecule is NCCCc1cnc2c(N[C@H]3CCCc4ccccc43)ncnc2c1. The van der Waals surface area contributed by atoms with Gasteiger partial charge in [-0.2, -0.15) is 0 Å². The van der Waals surface area contributed by atoms with E-state index in [-0.39, 0.29) is 6.04 Å². The molecule has 0 unspecified atom stereocenters. The maximum Gasteiger partial charge on any atom is 0.156 e. The van der Waals surface area contributed by atoms with Gasteiger partial charge in [-0.25, -0.2) is 9.97 Å². The number of nitrogens with two attached hydrogens (primary N) is 1. The number of hydrogen-bond acceptors (Lipinski definition) is 5. The molecule has 25 heavy (non-hydrogen) atoms. The van der Waals surface area contributed by atoms with E-state index in [1.54, 1.807) is 6.33 Å². The Labute approximate surface area is 147 Å². The third-order valence-electron chi connectivity index (χ3n) is 4.88. The van der Waals surface area contributed by atoms with Gasteiger partial charge < -0.3 is 11.1 Å². The first-order chi connectivity index (χ1) is 12.3. The van der Waals surface area contributed by atoms with Gasteiger partial charge in [0.15, 0.2) is 5.82 Å². The Morgan fingerprint density at radius 3 is 3.00 bits per heavy atom. The van der Waals surface area contributed by atoms with Gasteiger partial charge in [-0.15, -0.1) is 0 Å². The second-order valence-electron chi connectivity index (χ2n) is 6.61. The van der Waals surface area contributed by atoms with Gasteiger partial charge in [0.05, 0.1) is 11.6 Å². The highest BCUT2D eigenvalue weighted by Crippen LogP contribution is 2.33. The molecule has 3 aromatic rings. The van der Waals surface area contributed by atoms with E-state index in [1.165, 1.54) is 23.1 Å². The smallest absolute Gasteiger partial charge is 0.156 e. The predicted molar refractivity (Wildman–Crippen MR) is 100 cm³/mol. The number of benzene rings is 1. The first-order valence-corrected chi connectivity index (χ1v) is 8.99. The molecule has 1 aromatic carbocycles. The fraction of sp³-hybridized carbons (Fsp3) is 0.350. The van der Waals surface area contributed by atoms with Crippen LogP contribution < -0.4 is 11.1 Å². The quantitative estimate of drug-likeness (QED) is 0.748. The van der Waals surface area contributed by atoms with Crippen molar-refractivity contribution in [1.29, 1.82) is 0 Å². The summed E-state index contributed by atoms with van der Waals surface area (Å²) in [5.41, 5.74) is 11.3. The fourth-order valence-corrected chi connectivity index (χ4v) is 3.60. The molecule has 0 fully saturated rings. The topological polar surface area (TPSA) is 76.7 Å². The van der Waals surface area contributed by atoms with Crippen LogP contribution in [-0.2, 0) is 12.8 Å². The molecule has 4 rings (SSSR count). The Hall–Kier alpha value is -2.53. The lowest BCUT2D eigenvalue weighted by Gasteiger charge is -2.27. The van der Waals surface area contributed by atoms with E-state index in [0.29, 0.717) is 6.54 Å². The zero-order valence-corrected chi connectivity index (χ0v) is 14.3. The standard InChI is InChI=1S/C20H23N5/c21-10-4-5-14-11-18-19(22-12-14)20(24-13-23-18)25-17-9-3-7-15-6-1-2-8-16(15)17/h1-2,6,8,11-13,17H,3-5,7,9-10,21H2,(H,23,24,25)/t17-/m0/s1. The first-order valence-electron chi connectivity index (χ1n) is 8.99. The van der Waals surface area contributed by atoms with Crippen molar-refractivity contribution in [1.82, 2.24) is 15.0 Å². The lowest BCUT2D eigenvalue weighted by Crippen LogP contribution is -2.18. The molecule has 0 amide bonds. The monoisotopic (exact) mass is 333 g/mol. The highest BCUT2D eigenvalue weighted by Gasteiger charge is 2.21. The second-order valence-corrected chi connectivity index (χ2v) is 6.61. The molecule has 0 radical (unpaired) electrons. The molecule has 0 aliphatic heterocycles. The van der Waals surface area contributed by atoms with E-state index in [1.807, 2.05) is 6.20 Å². The fourth-order valence-electron chi connectivity index (χ4n) is 3.60. The van der Waals surface area contributed by atoms with Gasteiger partial charge in [-0.3, -0.25) is 4.98 Å². The van der Waals surface area contributed by atoms with Crippen LogP contribution in [0.25, 0.3) is 11.0 Å². The second kappa shape index (κ2) is 7.15. The van der Waals surface area contributed by atoms with Gasteiger partial charge in [-0.05, 0) is 61.4 Å². The van der Waals surface area contributed by atoms with Crippen LogP contribution in [0.15, 0.2) is 42.9 Å². The minimum atomic E-state index is 0.279. The van der Waals surface area contributed by atoms with Crippen molar-refractivity contribution < 1.29 is 0 Å². The maximum atomic E-state index is 5.60. The van der Waals surface area contributed by atoms with Crippen LogP contribution >= 0.6 is 0 Å². The number of pyridine rings is 1. The zero-order valence-electron chi connectivity index (χ0n) is 14.3. The molecule has 0 saturated heterocycles. The van der Waals surface area contributed by atoms with E-state index in [0.717, 1.165) is 42.5 Å². The van der Waals surface area contributed by atoms with Crippen molar-refractivity contribution in [3.63, 3.8) is 0 Å². The molecule has 0 saturated carbocycles. The van der Waals surface area contributed by atoms with Crippen LogP contribution in [0, 0.1) is 0 Å². The maximum absolute atomic E-state index is 5.60. The summed E-state index contributed by atoms with van der Waals surface area (Å²) in [4.78, 5) is 13.5. The van der Waals surface area contributed by atoms with Crippen molar-refractivity contribution in [2.45, 2.75) is 38.1 Å². The molecule has 0 spiro atoms. The summed E-state index contributed by atoms with van der Waals surface area (Å²) in [5, 5.41) is 3.61. The van der Waals surface area contributed by atoms with Gasteiger partial charge in [0, 0.05) is 6.20 Å². The van der Waals surface area contributed by atoms with Crippen molar-refractivity contribution in [3.8, 4) is 0 Å². The molecule has 128 valence electrons. The summed E-state index contributed by atoms with van der Waals surface area (Å²) < 4.78 is 0. The Balaban J connectivity index is 1.64. The van der Waals surface area contributed by atoms with Gasteiger partial charge >= 0.3 is 0 Å². The van der Waals surface area contributed by atoms with Gasteiger partial charge in [0.2, 0.25) is 0 Å². The van der Waals surface area contributed by atoms with Crippen molar-refractivity contribution in [2.24, 2.45) is 5.73 Å². The molecule has 1 atom stereocenters. The summed E-state index contributed by atoms with van der Waals surface area (Å²) in [7, 11) is 0. The Morgan fingerprint density at radius 1 is 1.16 bits per heavy atom. The van der Waals surface area contributed by atoms with Crippen molar-refractivity contribution >= 4 is 16.9 Å². The highest BCUT2D eigenvalue weighted by molar-refractivity contribution is 5.85. The van der Waals surface area contributed by atoms with Crippen LogP contribution in [-0.4, -0.2) is 21.5 Å². The van der Waals surface area contributed by atoms with Crippen LogP contribution in [0.2, 0.25) is 0 Å². The van der Waals surface area contributed by atoms with Crippen LogP contribution in [0.4, 0.5) is 5.82 Å². The first kappa shape index (κ1) is 16.0. The Kier molecular flexibility index (Phi) is 4.57. The zero-order chi connectivity index (χ0) is 17.1. The molecule has 1 aliphatic rings. The molecular weight excluding hydrogens is 310 g/mol. The average molecular weight is 333 g/mol. The van der Waals surface area contributed by atoms with Gasteiger partial charge in [0.25, 0.3) is 0 Å². The number of anilines is 1. The summed E-state index contributed by atoms with van der Waals surface area (Å²) in [6.07, 6.45) is 8.88. The molecule has 1 aliphatic carbocycles. The number of rotatable bonds is 5. The number of fused-ring (bicyclic) bond motifs is 2. The molecule has 3 N–H and O–H groups in total. The van der Waals surface area contributed by atoms with Crippen molar-refractivity contribution in [2.75, 3.05) is 11.9 Å². The number of aryl methyl sites for hydroxylation is 2. The van der Waals surface area contributed by atoms with Crippen LogP contribution in [0.1, 0.15) is 42.0 Å². The summed E-state index contributed by atoms with van der Waals surface area (Å²) in [6.45, 7) is 0.690. The minimum Gasteiger partial charge on any atom is -0.361 e. The van der Waals surface area contributed by atoms with E-state index < -0.39 is 0 Å². The van der Waals surface area contributed by atoms with Gasteiger partial charge in [0.1, 0.15) is 11.8 Å². The lowest BCUT2D eigenvalue weighted by atomic mass is 9.88. The summed E-state index contributed by atoms with van der Waals surface area (Å²) in [5.74, 6) is 0.817. The summed E-state index contributed by atoms with van der Waals surface area (Å²) >= 11 is 0. The molecule has 5 nitrogen and oxygen atoms in total. The minimum absolute atomic E-state index is 0.279. The highest BCUT2D eigenvalue weighted by atomic mass is 15.1. The number of hydrogen-bond donors (Lipinski definition) is 2. The molecule has 2 aromatic heterocycles. The number of nitrogens with zero attached hydrogens (tertiary/aromatic N) is 3. The largest absolute Gasteiger partial charge is 0.361 e. The Bertz CT molecular complexity index is 877. The molecular formula is C20H23N5. The van der Waals surface area contributed by atoms with Gasteiger partial charge in [-0.1, -0.05) is 24.3 Å². The number of nitrogens with one attached hydrogen (secondary N) is 1. The van der Waals surface area contributed by atoms with E-state index in [9.17, 15) is 0 Å². The van der Waals surface area contributed by atoms with Crippen molar-refractivity contribution in [3.05, 3.63) is 59.5 Å². The summed E-state index contributed by atoms with van der Waals surface area (Å²) in [6, 6.07) is 11.0. The van der Waals surface area contributed by atoms with E-state index >= 15 is 0 Å². The third kappa shape index (κ3) is 3.33. The predicted octanol–water partition coefficient (Wildman–Crippen LogP) is 3.41.